The number of piperidine rings is 1. The molecule has 18 heavy (non-hydrogen) atoms. The van der Waals surface area contributed by atoms with E-state index in [1.807, 2.05) is 24.3 Å². The van der Waals surface area contributed by atoms with E-state index < -0.39 is 5.54 Å². The molecule has 0 spiro atoms. The maximum Gasteiger partial charge on any atom is 0.281 e. The van der Waals surface area contributed by atoms with Crippen LogP contribution in [0, 0.1) is 0 Å². The van der Waals surface area contributed by atoms with E-state index in [4.69, 9.17) is 11.6 Å². The highest BCUT2D eigenvalue weighted by Crippen LogP contribution is 2.13. The minimum absolute atomic E-state index is 0.0407. The van der Waals surface area contributed by atoms with Crippen LogP contribution in [-0.4, -0.2) is 24.5 Å². The first kappa shape index (κ1) is 13.3. The fraction of sp³-hybridized carbons (Fsp3) is 0.462. The fourth-order valence-corrected chi connectivity index (χ4v) is 2.23. The van der Waals surface area contributed by atoms with Crippen LogP contribution >= 0.6 is 11.6 Å². The lowest BCUT2D eigenvalue weighted by molar-refractivity contribution is -0.463. The van der Waals surface area contributed by atoms with Gasteiger partial charge in [0.05, 0.1) is 0 Å². The third kappa shape index (κ3) is 3.22. The summed E-state index contributed by atoms with van der Waals surface area (Å²) >= 11 is 5.81. The van der Waals surface area contributed by atoms with Crippen LogP contribution in [0.1, 0.15) is 18.4 Å². The average Bonchev–Trinajstić information content (AvgIpc) is 2.38. The molecule has 1 amide bonds. The van der Waals surface area contributed by atoms with Gasteiger partial charge in [0, 0.05) is 37.5 Å². The normalized spacial score (nSPS) is 18.3. The van der Waals surface area contributed by atoms with Crippen molar-refractivity contribution in [2.45, 2.75) is 24.9 Å². The van der Waals surface area contributed by atoms with Gasteiger partial charge >= 0.3 is 0 Å². The summed E-state index contributed by atoms with van der Waals surface area (Å²) in [5, 5.41) is 6.90. The molecule has 0 aromatic heterocycles. The second-order valence-electron chi connectivity index (χ2n) is 4.84. The first-order valence-corrected chi connectivity index (χ1v) is 6.57. The molecule has 0 atom stereocenters. The van der Waals surface area contributed by atoms with Crippen molar-refractivity contribution in [3.05, 3.63) is 34.9 Å². The van der Waals surface area contributed by atoms with E-state index in [1.165, 1.54) is 0 Å². The molecule has 1 saturated heterocycles. The molecule has 0 saturated carbocycles. The van der Waals surface area contributed by atoms with Crippen LogP contribution in [0.25, 0.3) is 0 Å². The topological polar surface area (TPSA) is 68.8 Å². The minimum atomic E-state index is -0.475. The summed E-state index contributed by atoms with van der Waals surface area (Å²) in [6.45, 7) is 2.25. The fourth-order valence-electron chi connectivity index (χ4n) is 2.10. The van der Waals surface area contributed by atoms with Gasteiger partial charge in [0.25, 0.3) is 5.91 Å². The van der Waals surface area contributed by atoms with Crippen LogP contribution < -0.4 is 16.4 Å². The summed E-state index contributed by atoms with van der Waals surface area (Å²) in [7, 11) is 0. The van der Waals surface area contributed by atoms with Crippen molar-refractivity contribution in [2.24, 2.45) is 0 Å². The van der Waals surface area contributed by atoms with Crippen molar-refractivity contribution in [3.63, 3.8) is 0 Å². The lowest BCUT2D eigenvalue weighted by Crippen LogP contribution is -2.80. The first-order chi connectivity index (χ1) is 8.60. The number of rotatable bonds is 3. The van der Waals surface area contributed by atoms with E-state index in [1.54, 1.807) is 0 Å². The molecule has 5 N–H and O–H groups in total. The lowest BCUT2D eigenvalue weighted by atomic mass is 9.88. The lowest BCUT2D eigenvalue weighted by Gasteiger charge is -2.28. The van der Waals surface area contributed by atoms with E-state index in [2.05, 4.69) is 16.4 Å². The molecule has 1 aliphatic heterocycles. The predicted octanol–water partition coefficient (Wildman–Crippen LogP) is 0.320. The summed E-state index contributed by atoms with van der Waals surface area (Å²) < 4.78 is 0. The monoisotopic (exact) mass is 268 g/mol. The van der Waals surface area contributed by atoms with Crippen molar-refractivity contribution in [1.29, 1.82) is 0 Å². The Kier molecular flexibility index (Phi) is 4.22. The second kappa shape index (κ2) is 5.69. The van der Waals surface area contributed by atoms with Gasteiger partial charge in [-0.3, -0.25) is 4.79 Å². The van der Waals surface area contributed by atoms with Crippen molar-refractivity contribution in [2.75, 3.05) is 13.1 Å². The van der Waals surface area contributed by atoms with Gasteiger partial charge < -0.3 is 16.4 Å². The van der Waals surface area contributed by atoms with E-state index in [0.29, 0.717) is 11.6 Å². The van der Waals surface area contributed by atoms with Crippen LogP contribution in [0.4, 0.5) is 0 Å². The van der Waals surface area contributed by atoms with Gasteiger partial charge in [-0.15, -0.1) is 0 Å². The Balaban J connectivity index is 1.89. The highest BCUT2D eigenvalue weighted by atomic mass is 35.5. The maximum atomic E-state index is 12.1. The van der Waals surface area contributed by atoms with Gasteiger partial charge in [0.1, 0.15) is 0 Å². The molecule has 0 radical (unpaired) electrons. The van der Waals surface area contributed by atoms with E-state index in [0.717, 1.165) is 31.5 Å². The zero-order chi connectivity index (χ0) is 13.0. The molecule has 0 bridgehead atoms. The number of quaternary nitrogens is 1. The predicted molar refractivity (Wildman–Crippen MR) is 71.0 cm³/mol. The number of amides is 1. The highest BCUT2D eigenvalue weighted by Gasteiger charge is 2.39. The Morgan fingerprint density at radius 1 is 1.33 bits per heavy atom. The highest BCUT2D eigenvalue weighted by molar-refractivity contribution is 6.30. The molecule has 98 valence electrons. The van der Waals surface area contributed by atoms with Gasteiger partial charge in [0.2, 0.25) is 0 Å². The van der Waals surface area contributed by atoms with Crippen molar-refractivity contribution in [1.82, 2.24) is 10.6 Å². The van der Waals surface area contributed by atoms with Crippen LogP contribution in [0.15, 0.2) is 24.3 Å². The Labute approximate surface area is 112 Å². The van der Waals surface area contributed by atoms with Gasteiger partial charge in [-0.2, -0.15) is 0 Å². The molecular formula is C13H19ClN3O+. The van der Waals surface area contributed by atoms with Crippen LogP contribution in [0.3, 0.4) is 0 Å². The molecule has 0 unspecified atom stereocenters. The molecule has 1 heterocycles. The standard InChI is InChI=1S/C13H18ClN3O/c14-11-3-1-10(2-4-11)9-17-12(18)13(15)5-7-16-8-6-13/h1-4,16H,5-9,15H2,(H,17,18)/p+1. The summed E-state index contributed by atoms with van der Waals surface area (Å²) in [4.78, 5) is 12.1. The minimum Gasteiger partial charge on any atom is -0.347 e. The van der Waals surface area contributed by atoms with Crippen molar-refractivity contribution >= 4 is 17.5 Å². The van der Waals surface area contributed by atoms with Crippen LogP contribution in [0.5, 0.6) is 0 Å². The zero-order valence-electron chi connectivity index (χ0n) is 10.3. The number of carbonyl (C=O) groups is 1. The zero-order valence-corrected chi connectivity index (χ0v) is 11.1. The number of hydrogen-bond acceptors (Lipinski definition) is 2. The third-order valence-electron chi connectivity index (χ3n) is 3.41. The maximum absolute atomic E-state index is 12.1. The van der Waals surface area contributed by atoms with E-state index in [-0.39, 0.29) is 5.91 Å². The Hall–Kier alpha value is -1.10. The van der Waals surface area contributed by atoms with E-state index in [9.17, 15) is 4.79 Å². The summed E-state index contributed by atoms with van der Waals surface area (Å²) in [5.74, 6) is 0.0407. The number of carbonyl (C=O) groups excluding carboxylic acids is 1. The van der Waals surface area contributed by atoms with Crippen LogP contribution in [0.2, 0.25) is 5.02 Å². The van der Waals surface area contributed by atoms with Gasteiger partial charge in [-0.25, -0.2) is 0 Å². The Morgan fingerprint density at radius 3 is 2.56 bits per heavy atom. The summed E-state index contributed by atoms with van der Waals surface area (Å²) in [6.07, 6.45) is 1.58. The SMILES string of the molecule is [NH3+]C1(C(=O)NCc2ccc(Cl)cc2)CCNCC1. The molecule has 5 heteroatoms. The molecule has 1 aromatic rings. The second-order valence-corrected chi connectivity index (χ2v) is 5.28. The smallest absolute Gasteiger partial charge is 0.281 e. The summed E-state index contributed by atoms with van der Waals surface area (Å²) in [5.41, 5.74) is 4.65. The van der Waals surface area contributed by atoms with Crippen LogP contribution in [-0.2, 0) is 11.3 Å². The van der Waals surface area contributed by atoms with Crippen molar-refractivity contribution in [3.8, 4) is 0 Å². The largest absolute Gasteiger partial charge is 0.347 e. The molecule has 1 aliphatic rings. The average molecular weight is 269 g/mol. The molecule has 1 aromatic carbocycles. The number of nitrogens with one attached hydrogen (secondary N) is 2. The first-order valence-electron chi connectivity index (χ1n) is 6.19. The van der Waals surface area contributed by atoms with Crippen molar-refractivity contribution < 1.29 is 10.5 Å². The Morgan fingerprint density at radius 2 is 1.94 bits per heavy atom. The number of halogens is 1. The molecular weight excluding hydrogens is 250 g/mol. The van der Waals surface area contributed by atoms with E-state index >= 15 is 0 Å². The summed E-state index contributed by atoms with van der Waals surface area (Å²) in [6, 6.07) is 7.49. The number of hydrogen-bond donors (Lipinski definition) is 3. The molecule has 4 nitrogen and oxygen atoms in total. The Bertz CT molecular complexity index is 413. The molecule has 1 fully saturated rings. The van der Waals surface area contributed by atoms with Gasteiger partial charge in [-0.1, -0.05) is 23.7 Å². The van der Waals surface area contributed by atoms with Gasteiger partial charge in [-0.05, 0) is 17.7 Å². The van der Waals surface area contributed by atoms with Gasteiger partial charge in [0.15, 0.2) is 5.54 Å². The quantitative estimate of drug-likeness (QED) is 0.739. The molecule has 0 aliphatic carbocycles. The number of benzene rings is 1. The molecule has 2 rings (SSSR count). The third-order valence-corrected chi connectivity index (χ3v) is 3.66.